The van der Waals surface area contributed by atoms with E-state index in [0.29, 0.717) is 17.2 Å². The van der Waals surface area contributed by atoms with Gasteiger partial charge in [-0.25, -0.2) is 8.78 Å². The molecular weight excluding hydrogens is 476 g/mol. The molecule has 4 heteroatoms. The van der Waals surface area contributed by atoms with Gasteiger partial charge in [0.15, 0.2) is 11.6 Å². The second-order valence-electron chi connectivity index (χ2n) is 10.4. The first-order valence-electron chi connectivity index (χ1n) is 13.4. The third kappa shape index (κ3) is 6.99. The molecule has 3 aromatic carbocycles. The normalized spacial score (nSPS) is 13.0. The average molecular weight is 518 g/mol. The molecule has 0 saturated heterocycles. The monoisotopic (exact) mass is 517 g/mol. The lowest BCUT2D eigenvalue weighted by molar-refractivity contribution is 0.322. The van der Waals surface area contributed by atoms with Crippen molar-refractivity contribution in [3.63, 3.8) is 0 Å². The Kier molecular flexibility index (Phi) is 10.4. The first-order chi connectivity index (χ1) is 18.2. The fourth-order valence-electron chi connectivity index (χ4n) is 5.25. The van der Waals surface area contributed by atoms with Crippen LogP contribution in [-0.4, -0.2) is 32.6 Å². The Bertz CT molecular complexity index is 1340. The van der Waals surface area contributed by atoms with E-state index in [2.05, 4.69) is 57.6 Å². The van der Waals surface area contributed by atoms with E-state index in [1.807, 2.05) is 31.2 Å². The second kappa shape index (κ2) is 13.5. The molecule has 3 rings (SSSR count). The van der Waals surface area contributed by atoms with E-state index < -0.39 is 11.6 Å². The van der Waals surface area contributed by atoms with Gasteiger partial charge in [-0.2, -0.15) is 0 Å². The summed E-state index contributed by atoms with van der Waals surface area (Å²) < 4.78 is 33.6. The van der Waals surface area contributed by atoms with Crippen molar-refractivity contribution in [1.29, 1.82) is 0 Å². The van der Waals surface area contributed by atoms with Crippen LogP contribution in [0.1, 0.15) is 49.8 Å². The van der Waals surface area contributed by atoms with Gasteiger partial charge < -0.3 is 9.64 Å². The lowest BCUT2D eigenvalue weighted by Crippen LogP contribution is -2.19. The van der Waals surface area contributed by atoms with E-state index in [1.54, 1.807) is 13.2 Å². The van der Waals surface area contributed by atoms with Crippen LogP contribution in [0.4, 0.5) is 8.78 Å². The molecule has 0 aliphatic rings. The van der Waals surface area contributed by atoms with Gasteiger partial charge in [-0.05, 0) is 122 Å². The summed E-state index contributed by atoms with van der Waals surface area (Å²) in [6.45, 7) is 11.6. The molecule has 0 radical (unpaired) electrons. The lowest BCUT2D eigenvalue weighted by Gasteiger charge is -2.20. The molecule has 1 atom stereocenters. The van der Waals surface area contributed by atoms with Gasteiger partial charge in [0.1, 0.15) is 5.75 Å². The standard InChI is InChI=1S/C34H41F2NO/c1-8-10-14-25(9-2)29-21-31-30(28(24(29)4)15-12-11-13-23(3)22-37(5)6)18-27(20-34(31)38-7)26-16-17-32(35)33(36)19-26/h8-10,14,16-21,23H,2,11-13,15,22H2,1,3-7H3. The zero-order valence-electron chi connectivity index (χ0n) is 23.7. The van der Waals surface area contributed by atoms with Crippen LogP contribution in [0.3, 0.4) is 0 Å². The first-order valence-corrected chi connectivity index (χ1v) is 13.4. The summed E-state index contributed by atoms with van der Waals surface area (Å²) in [5.74, 6) is -0.356. The van der Waals surface area contributed by atoms with Crippen molar-refractivity contribution in [2.24, 2.45) is 5.92 Å². The minimum atomic E-state index is -0.857. The molecule has 0 aliphatic carbocycles. The highest BCUT2D eigenvalue weighted by atomic mass is 19.2. The average Bonchev–Trinajstić information content (AvgIpc) is 2.88. The predicted molar refractivity (Wildman–Crippen MR) is 159 cm³/mol. The van der Waals surface area contributed by atoms with Crippen molar-refractivity contribution in [3.05, 3.63) is 95.6 Å². The summed E-state index contributed by atoms with van der Waals surface area (Å²) in [6, 6.07) is 10.2. The molecular formula is C34H41F2NO. The molecule has 0 amide bonds. The molecule has 0 heterocycles. The van der Waals surface area contributed by atoms with E-state index in [4.69, 9.17) is 4.74 Å². The maximum atomic E-state index is 14.1. The Balaban J connectivity index is 2.16. The second-order valence-corrected chi connectivity index (χ2v) is 10.4. The molecule has 0 aliphatic heterocycles. The SMILES string of the molecule is C=CC(=CC=CC)c1cc2c(OC)cc(-c3ccc(F)c(F)c3)cc2c(CCCCC(C)CN(C)C)c1C. The van der Waals surface area contributed by atoms with E-state index in [9.17, 15) is 8.78 Å². The zero-order chi connectivity index (χ0) is 27.8. The minimum Gasteiger partial charge on any atom is -0.496 e. The van der Waals surface area contributed by atoms with Crippen LogP contribution < -0.4 is 4.74 Å². The molecule has 0 fully saturated rings. The van der Waals surface area contributed by atoms with E-state index >= 15 is 0 Å². The summed E-state index contributed by atoms with van der Waals surface area (Å²) in [5, 5.41) is 2.09. The van der Waals surface area contributed by atoms with Crippen molar-refractivity contribution in [1.82, 2.24) is 4.90 Å². The smallest absolute Gasteiger partial charge is 0.159 e. The van der Waals surface area contributed by atoms with Crippen molar-refractivity contribution >= 4 is 16.3 Å². The Morgan fingerprint density at radius 2 is 1.79 bits per heavy atom. The fraction of sp³-hybridized carbons (Fsp3) is 0.353. The number of nitrogens with zero attached hydrogens (tertiary/aromatic N) is 1. The highest BCUT2D eigenvalue weighted by Gasteiger charge is 2.17. The summed E-state index contributed by atoms with van der Waals surface area (Å²) >= 11 is 0. The van der Waals surface area contributed by atoms with Gasteiger partial charge in [-0.15, -0.1) is 0 Å². The summed E-state index contributed by atoms with van der Waals surface area (Å²) in [4.78, 5) is 2.24. The van der Waals surface area contributed by atoms with E-state index in [0.717, 1.165) is 53.3 Å². The van der Waals surface area contributed by atoms with Crippen LogP contribution >= 0.6 is 0 Å². The van der Waals surface area contributed by atoms with Gasteiger partial charge in [0.05, 0.1) is 7.11 Å². The fourth-order valence-corrected chi connectivity index (χ4v) is 5.25. The van der Waals surface area contributed by atoms with Crippen molar-refractivity contribution < 1.29 is 13.5 Å². The largest absolute Gasteiger partial charge is 0.496 e. The predicted octanol–water partition coefficient (Wildman–Crippen LogP) is 9.16. The Morgan fingerprint density at radius 3 is 2.42 bits per heavy atom. The summed E-state index contributed by atoms with van der Waals surface area (Å²) in [7, 11) is 5.89. The van der Waals surface area contributed by atoms with Crippen LogP contribution in [0, 0.1) is 24.5 Å². The van der Waals surface area contributed by atoms with Crippen LogP contribution in [0.15, 0.2) is 67.3 Å². The molecule has 1 unspecified atom stereocenters. The quantitative estimate of drug-likeness (QED) is 0.175. The van der Waals surface area contributed by atoms with Crippen molar-refractivity contribution in [3.8, 4) is 16.9 Å². The molecule has 0 N–H and O–H groups in total. The molecule has 38 heavy (non-hydrogen) atoms. The van der Waals surface area contributed by atoms with E-state index in [1.165, 1.54) is 29.7 Å². The third-order valence-corrected chi connectivity index (χ3v) is 7.14. The summed E-state index contributed by atoms with van der Waals surface area (Å²) in [5.41, 5.74) is 6.06. The highest BCUT2D eigenvalue weighted by molar-refractivity contribution is 5.99. The number of rotatable bonds is 12. The number of allylic oxidation sites excluding steroid dienone is 5. The topological polar surface area (TPSA) is 12.5 Å². The molecule has 0 aromatic heterocycles. The van der Waals surface area contributed by atoms with Crippen molar-refractivity contribution in [2.45, 2.75) is 46.5 Å². The minimum absolute atomic E-state index is 0.619. The van der Waals surface area contributed by atoms with Gasteiger partial charge in [0, 0.05) is 11.9 Å². The number of hydrogen-bond acceptors (Lipinski definition) is 2. The number of aryl methyl sites for hydroxylation is 1. The van der Waals surface area contributed by atoms with Crippen LogP contribution in [0.25, 0.3) is 27.5 Å². The number of hydrogen-bond donors (Lipinski definition) is 0. The molecule has 3 aromatic rings. The Labute approximate surface area is 227 Å². The van der Waals surface area contributed by atoms with Gasteiger partial charge >= 0.3 is 0 Å². The molecule has 202 valence electrons. The van der Waals surface area contributed by atoms with Crippen molar-refractivity contribution in [2.75, 3.05) is 27.7 Å². The number of ether oxygens (including phenoxy) is 1. The molecule has 0 bridgehead atoms. The molecule has 0 spiro atoms. The number of halogens is 2. The molecule has 2 nitrogen and oxygen atoms in total. The Morgan fingerprint density at radius 1 is 1.03 bits per heavy atom. The maximum absolute atomic E-state index is 14.1. The Hall–Kier alpha value is -3.24. The van der Waals surface area contributed by atoms with Gasteiger partial charge in [-0.3, -0.25) is 0 Å². The van der Waals surface area contributed by atoms with Gasteiger partial charge in [0.2, 0.25) is 0 Å². The number of unbranched alkanes of at least 4 members (excludes halogenated alkanes) is 1. The molecule has 0 saturated carbocycles. The zero-order valence-corrected chi connectivity index (χ0v) is 23.7. The van der Waals surface area contributed by atoms with Gasteiger partial charge in [0.25, 0.3) is 0 Å². The van der Waals surface area contributed by atoms with Crippen LogP contribution in [-0.2, 0) is 6.42 Å². The number of fused-ring (bicyclic) bond motifs is 1. The first kappa shape index (κ1) is 29.3. The maximum Gasteiger partial charge on any atom is 0.159 e. The highest BCUT2D eigenvalue weighted by Crippen LogP contribution is 2.39. The number of methoxy groups -OCH3 is 1. The number of benzene rings is 3. The summed E-state index contributed by atoms with van der Waals surface area (Å²) in [6.07, 6.45) is 12.3. The van der Waals surface area contributed by atoms with Crippen LogP contribution in [0.2, 0.25) is 0 Å². The lowest BCUT2D eigenvalue weighted by atomic mass is 9.86. The van der Waals surface area contributed by atoms with Crippen LogP contribution in [0.5, 0.6) is 5.75 Å². The van der Waals surface area contributed by atoms with E-state index in [-0.39, 0.29) is 0 Å². The van der Waals surface area contributed by atoms with Gasteiger partial charge in [-0.1, -0.05) is 50.3 Å². The third-order valence-electron chi connectivity index (χ3n) is 7.14.